The van der Waals surface area contributed by atoms with Crippen LogP contribution in [0.25, 0.3) is 0 Å². The number of carbonyl (C=O) groups excluding carboxylic acids is 2. The zero-order chi connectivity index (χ0) is 27.1. The van der Waals surface area contributed by atoms with Gasteiger partial charge in [0.15, 0.2) is 0 Å². The molecule has 1 aromatic heterocycles. The molecule has 3 amide bonds. The molecule has 0 saturated heterocycles. The minimum Gasteiger partial charge on any atom is -0.443 e. The third-order valence-electron chi connectivity index (χ3n) is 5.02. The van der Waals surface area contributed by atoms with Crippen LogP contribution in [0.3, 0.4) is 0 Å². The maximum atomic E-state index is 14.7. The summed E-state index contributed by atoms with van der Waals surface area (Å²) in [5.41, 5.74) is -5.99. The Balaban J connectivity index is 2.08. The first-order valence-corrected chi connectivity index (χ1v) is 10.4. The van der Waals surface area contributed by atoms with Gasteiger partial charge in [0.1, 0.15) is 5.60 Å². The van der Waals surface area contributed by atoms with Crippen LogP contribution in [0.1, 0.15) is 37.5 Å². The summed E-state index contributed by atoms with van der Waals surface area (Å²) < 4.78 is 99.6. The van der Waals surface area contributed by atoms with Gasteiger partial charge >= 0.3 is 30.1 Å². The smallest absolute Gasteiger partial charge is 0.435 e. The molecule has 0 unspecified atom stereocenters. The van der Waals surface area contributed by atoms with Gasteiger partial charge in [0, 0.05) is 24.5 Å². The summed E-state index contributed by atoms with van der Waals surface area (Å²) in [4.78, 5) is 30.2. The van der Waals surface area contributed by atoms with Crippen LogP contribution < -0.4 is 10.3 Å². The van der Waals surface area contributed by atoms with E-state index in [1.807, 2.05) is 0 Å². The van der Waals surface area contributed by atoms with Crippen molar-refractivity contribution in [2.75, 3.05) is 4.90 Å². The second kappa shape index (κ2) is 9.22. The van der Waals surface area contributed by atoms with Gasteiger partial charge in [-0.15, -0.1) is 0 Å². The lowest BCUT2D eigenvalue weighted by molar-refractivity contribution is -0.348. The highest BCUT2D eigenvalue weighted by molar-refractivity contribution is 6.13. The number of carbonyl (C=O) groups is 2. The predicted molar refractivity (Wildman–Crippen MR) is 112 cm³/mol. The van der Waals surface area contributed by atoms with E-state index in [0.717, 1.165) is 5.01 Å². The molecule has 14 heteroatoms. The number of nitrogens with one attached hydrogen (secondary N) is 1. The van der Waals surface area contributed by atoms with Gasteiger partial charge in [-0.3, -0.25) is 9.99 Å². The zero-order valence-electron chi connectivity index (χ0n) is 19.2. The van der Waals surface area contributed by atoms with Gasteiger partial charge in [0.25, 0.3) is 0 Å². The van der Waals surface area contributed by atoms with E-state index >= 15 is 0 Å². The number of amides is 3. The molecule has 3 rings (SSSR count). The van der Waals surface area contributed by atoms with Crippen molar-refractivity contribution in [3.8, 4) is 0 Å². The largest absolute Gasteiger partial charge is 0.443 e. The van der Waals surface area contributed by atoms with Crippen LogP contribution in [0, 0.1) is 0 Å². The SMILES string of the molecule is CC(C)(C)OC(=O)N1C(=O)N(NCc2cccnc2)Cc2cc(C(F)(C(F)(F)F)C(F)(F)F)ccc21. The van der Waals surface area contributed by atoms with Crippen LogP contribution in [0.5, 0.6) is 0 Å². The molecule has 1 aliphatic rings. The number of aromatic nitrogens is 1. The first-order valence-electron chi connectivity index (χ1n) is 10.4. The van der Waals surface area contributed by atoms with Crippen molar-refractivity contribution < 1.29 is 45.1 Å². The van der Waals surface area contributed by atoms with Crippen molar-refractivity contribution in [3.05, 3.63) is 59.4 Å². The summed E-state index contributed by atoms with van der Waals surface area (Å²) in [6, 6.07) is 3.44. The van der Waals surface area contributed by atoms with Crippen molar-refractivity contribution in [3.63, 3.8) is 0 Å². The Bertz CT molecular complexity index is 1120. The number of anilines is 1. The molecule has 0 atom stereocenters. The van der Waals surface area contributed by atoms with Gasteiger partial charge in [-0.2, -0.15) is 31.2 Å². The van der Waals surface area contributed by atoms with Gasteiger partial charge < -0.3 is 4.74 Å². The lowest BCUT2D eigenvalue weighted by Crippen LogP contribution is -2.56. The molecule has 0 fully saturated rings. The minimum absolute atomic E-state index is 0.0328. The second-order valence-electron chi connectivity index (χ2n) is 8.88. The highest BCUT2D eigenvalue weighted by Gasteiger charge is 2.73. The van der Waals surface area contributed by atoms with Crippen molar-refractivity contribution in [2.45, 2.75) is 57.5 Å². The average molecular weight is 522 g/mol. The molecule has 0 radical (unpaired) electrons. The molecule has 1 aromatic carbocycles. The Labute approximate surface area is 200 Å². The number of benzene rings is 1. The van der Waals surface area contributed by atoms with Crippen LogP contribution in [0.4, 0.5) is 46.0 Å². The zero-order valence-corrected chi connectivity index (χ0v) is 19.2. The Morgan fingerprint density at radius 3 is 2.22 bits per heavy atom. The fraction of sp³-hybridized carbons (Fsp3) is 0.409. The average Bonchev–Trinajstić information content (AvgIpc) is 2.74. The molecule has 0 spiro atoms. The van der Waals surface area contributed by atoms with Crippen LogP contribution in [-0.4, -0.2) is 40.1 Å². The number of urea groups is 1. The summed E-state index contributed by atoms with van der Waals surface area (Å²) in [6.07, 6.45) is -10.9. The third kappa shape index (κ3) is 5.22. The summed E-state index contributed by atoms with van der Waals surface area (Å²) in [5, 5.41) is 0.796. The number of nitrogens with zero attached hydrogens (tertiary/aromatic N) is 3. The fourth-order valence-corrected chi connectivity index (χ4v) is 3.39. The molecule has 0 saturated carbocycles. The van der Waals surface area contributed by atoms with Crippen LogP contribution in [0.2, 0.25) is 0 Å². The maximum Gasteiger partial charge on any atom is 0.435 e. The fourth-order valence-electron chi connectivity index (χ4n) is 3.39. The number of pyridine rings is 1. The molecule has 0 aliphatic carbocycles. The summed E-state index contributed by atoms with van der Waals surface area (Å²) >= 11 is 0. The Morgan fingerprint density at radius 2 is 1.69 bits per heavy atom. The van der Waals surface area contributed by atoms with Crippen LogP contribution in [0.15, 0.2) is 42.7 Å². The number of alkyl halides is 7. The molecule has 0 bridgehead atoms. The Kier molecular flexibility index (Phi) is 6.96. The molecular formula is C22H21F7N4O3. The molecule has 36 heavy (non-hydrogen) atoms. The van der Waals surface area contributed by atoms with Gasteiger partial charge in [0.2, 0.25) is 0 Å². The van der Waals surface area contributed by atoms with E-state index in [-0.39, 0.29) is 23.9 Å². The van der Waals surface area contributed by atoms with Gasteiger partial charge in [-0.25, -0.2) is 19.4 Å². The number of rotatable bonds is 4. The van der Waals surface area contributed by atoms with E-state index < -0.39 is 47.9 Å². The predicted octanol–water partition coefficient (Wildman–Crippen LogP) is 5.75. The molecule has 7 nitrogen and oxygen atoms in total. The van der Waals surface area contributed by atoms with E-state index in [9.17, 15) is 40.3 Å². The number of halogens is 7. The van der Waals surface area contributed by atoms with Crippen molar-refractivity contribution in [1.82, 2.24) is 15.4 Å². The normalized spacial score (nSPS) is 15.1. The molecule has 1 aliphatic heterocycles. The standard InChI is InChI=1S/C22H21F7N4O3/c1-19(2,3)36-18(35)33-16-7-6-15(20(23,21(24,25)26)22(27,28)29)9-14(16)12-32(17(33)34)31-11-13-5-4-8-30-10-13/h4-10,31H,11-12H2,1-3H3. The Morgan fingerprint density at radius 1 is 1.06 bits per heavy atom. The summed E-state index contributed by atoms with van der Waals surface area (Å²) in [6.45, 7) is 3.87. The first kappa shape index (κ1) is 27.2. The molecular weight excluding hydrogens is 501 g/mol. The quantitative estimate of drug-likeness (QED) is 0.518. The maximum absolute atomic E-state index is 14.7. The number of imide groups is 1. The minimum atomic E-state index is -6.33. The first-order chi connectivity index (χ1) is 16.5. The lowest BCUT2D eigenvalue weighted by atomic mass is 9.91. The number of ether oxygens (including phenoxy) is 1. The highest BCUT2D eigenvalue weighted by atomic mass is 19.4. The van der Waals surface area contributed by atoms with Crippen LogP contribution in [-0.2, 0) is 23.5 Å². The van der Waals surface area contributed by atoms with E-state index in [1.165, 1.54) is 33.2 Å². The monoisotopic (exact) mass is 522 g/mol. The van der Waals surface area contributed by atoms with Crippen molar-refractivity contribution in [2.24, 2.45) is 0 Å². The summed E-state index contributed by atoms with van der Waals surface area (Å²) in [7, 11) is 0. The van der Waals surface area contributed by atoms with E-state index in [0.29, 0.717) is 22.6 Å². The second-order valence-corrected chi connectivity index (χ2v) is 8.88. The third-order valence-corrected chi connectivity index (χ3v) is 5.02. The topological polar surface area (TPSA) is 74.8 Å². The molecule has 1 N–H and O–H groups in total. The number of fused-ring (bicyclic) bond motifs is 1. The Hall–Kier alpha value is -3.42. The van der Waals surface area contributed by atoms with Crippen molar-refractivity contribution >= 4 is 17.8 Å². The number of hydrazine groups is 1. The molecule has 2 heterocycles. The lowest BCUT2D eigenvalue weighted by Gasteiger charge is -2.37. The van der Waals surface area contributed by atoms with E-state index in [1.54, 1.807) is 12.1 Å². The molecule has 196 valence electrons. The van der Waals surface area contributed by atoms with E-state index in [4.69, 9.17) is 4.74 Å². The number of hydrogen-bond donors (Lipinski definition) is 1. The van der Waals surface area contributed by atoms with Crippen LogP contribution >= 0.6 is 0 Å². The van der Waals surface area contributed by atoms with E-state index in [2.05, 4.69) is 10.4 Å². The summed E-state index contributed by atoms with van der Waals surface area (Å²) in [5.74, 6) is 0. The highest BCUT2D eigenvalue weighted by Crippen LogP contribution is 2.53. The van der Waals surface area contributed by atoms with Gasteiger partial charge in [-0.05, 0) is 50.1 Å². The van der Waals surface area contributed by atoms with Gasteiger partial charge in [0.05, 0.1) is 12.2 Å². The molecule has 2 aromatic rings. The van der Waals surface area contributed by atoms with Crippen molar-refractivity contribution in [1.29, 1.82) is 0 Å². The number of hydrogen-bond acceptors (Lipinski definition) is 5. The van der Waals surface area contributed by atoms with Gasteiger partial charge in [-0.1, -0.05) is 12.1 Å².